The molecule has 6 nitrogen and oxygen atoms in total. The molecule has 1 saturated heterocycles. The predicted molar refractivity (Wildman–Crippen MR) is 129 cm³/mol. The quantitative estimate of drug-likeness (QED) is 0.352. The summed E-state index contributed by atoms with van der Waals surface area (Å²) in [6, 6.07) is 23.2. The number of Topliss-reactive ketones (excluding diaryl/α,β-unsaturated/α-hetero) is 1. The van der Waals surface area contributed by atoms with E-state index < -0.39 is 22.1 Å². The summed E-state index contributed by atoms with van der Waals surface area (Å²) in [6.07, 6.45) is 2.64. The van der Waals surface area contributed by atoms with E-state index in [-0.39, 0.29) is 16.2 Å². The first-order valence-corrected chi connectivity index (χ1v) is 12.9. The number of benzene rings is 3. The highest BCUT2D eigenvalue weighted by Crippen LogP contribution is 2.25. The van der Waals surface area contributed by atoms with Gasteiger partial charge < -0.3 is 4.74 Å². The Kier molecular flexibility index (Phi) is 7.55. The molecule has 0 N–H and O–H groups in total. The standard InChI is InChI=1S/C27H27NO5S/c29-25(21-11-5-3-6-12-21)26(22-13-7-4-8-14-22)33-27(30)23-15-17-24(18-16-23)34(31,32)28-19-9-1-2-10-20-28/h3-8,11-18,26H,1-2,9-10,19-20H2/t26-/m0/s1. The van der Waals surface area contributed by atoms with Crippen molar-refractivity contribution < 1.29 is 22.7 Å². The summed E-state index contributed by atoms with van der Waals surface area (Å²) in [6.45, 7) is 1.01. The van der Waals surface area contributed by atoms with E-state index in [1.54, 1.807) is 48.5 Å². The average Bonchev–Trinajstić information content (AvgIpc) is 3.18. The van der Waals surface area contributed by atoms with Crippen molar-refractivity contribution in [2.75, 3.05) is 13.1 Å². The number of carbonyl (C=O) groups is 2. The van der Waals surface area contributed by atoms with Crippen LogP contribution in [0.2, 0.25) is 0 Å². The number of esters is 1. The highest BCUT2D eigenvalue weighted by Gasteiger charge is 2.28. The maximum atomic E-state index is 13.1. The minimum Gasteiger partial charge on any atom is -0.445 e. The predicted octanol–water partition coefficient (Wildman–Crippen LogP) is 5.03. The topological polar surface area (TPSA) is 80.8 Å². The smallest absolute Gasteiger partial charge is 0.339 e. The van der Waals surface area contributed by atoms with Crippen LogP contribution in [0.15, 0.2) is 89.8 Å². The van der Waals surface area contributed by atoms with Gasteiger partial charge in [0.1, 0.15) is 0 Å². The Morgan fingerprint density at radius 2 is 1.26 bits per heavy atom. The zero-order valence-corrected chi connectivity index (χ0v) is 19.6. The molecule has 34 heavy (non-hydrogen) atoms. The van der Waals surface area contributed by atoms with Crippen molar-refractivity contribution >= 4 is 21.8 Å². The third-order valence-electron chi connectivity index (χ3n) is 5.92. The molecular weight excluding hydrogens is 450 g/mol. The van der Waals surface area contributed by atoms with Gasteiger partial charge in [-0.15, -0.1) is 0 Å². The van der Waals surface area contributed by atoms with Crippen LogP contribution in [-0.4, -0.2) is 37.6 Å². The van der Waals surface area contributed by atoms with Gasteiger partial charge in [0.15, 0.2) is 6.10 Å². The Labute approximate surface area is 200 Å². The van der Waals surface area contributed by atoms with E-state index in [4.69, 9.17) is 4.74 Å². The first-order chi connectivity index (χ1) is 16.5. The van der Waals surface area contributed by atoms with Crippen molar-refractivity contribution in [3.8, 4) is 0 Å². The Morgan fingerprint density at radius 3 is 1.85 bits per heavy atom. The molecule has 0 spiro atoms. The lowest BCUT2D eigenvalue weighted by Gasteiger charge is -2.20. The molecule has 3 aromatic carbocycles. The summed E-state index contributed by atoms with van der Waals surface area (Å²) in [7, 11) is -3.62. The second-order valence-corrected chi connectivity index (χ2v) is 10.2. The van der Waals surface area contributed by atoms with Gasteiger partial charge in [0, 0.05) is 24.2 Å². The van der Waals surface area contributed by atoms with E-state index in [2.05, 4.69) is 0 Å². The molecule has 0 amide bonds. The van der Waals surface area contributed by atoms with Crippen molar-refractivity contribution in [3.05, 3.63) is 102 Å². The molecule has 0 aliphatic carbocycles. The minimum absolute atomic E-state index is 0.144. The van der Waals surface area contributed by atoms with Gasteiger partial charge >= 0.3 is 5.97 Å². The fourth-order valence-electron chi connectivity index (χ4n) is 4.02. The third kappa shape index (κ3) is 5.43. The molecule has 1 heterocycles. The van der Waals surface area contributed by atoms with Crippen molar-refractivity contribution in [2.24, 2.45) is 0 Å². The van der Waals surface area contributed by atoms with E-state index >= 15 is 0 Å². The van der Waals surface area contributed by atoms with Crippen LogP contribution in [0.4, 0.5) is 0 Å². The molecular formula is C27H27NO5S. The highest BCUT2D eigenvalue weighted by molar-refractivity contribution is 7.89. The van der Waals surface area contributed by atoms with Crippen LogP contribution in [-0.2, 0) is 14.8 Å². The molecule has 0 bridgehead atoms. The third-order valence-corrected chi connectivity index (χ3v) is 7.83. The van der Waals surface area contributed by atoms with Crippen LogP contribution in [0.5, 0.6) is 0 Å². The lowest BCUT2D eigenvalue weighted by Crippen LogP contribution is -2.31. The van der Waals surface area contributed by atoms with Crippen molar-refractivity contribution in [2.45, 2.75) is 36.7 Å². The molecule has 1 aliphatic heterocycles. The summed E-state index contributed by atoms with van der Waals surface area (Å²) in [4.78, 5) is 26.2. The van der Waals surface area contributed by atoms with Gasteiger partial charge in [0.05, 0.1) is 10.5 Å². The largest absolute Gasteiger partial charge is 0.445 e. The van der Waals surface area contributed by atoms with Crippen molar-refractivity contribution in [3.63, 3.8) is 0 Å². The molecule has 1 aliphatic rings. The Balaban J connectivity index is 1.54. The van der Waals surface area contributed by atoms with Crippen molar-refractivity contribution in [1.82, 2.24) is 4.31 Å². The zero-order chi connectivity index (χ0) is 24.0. The lowest BCUT2D eigenvalue weighted by atomic mass is 10.00. The van der Waals surface area contributed by atoms with E-state index in [9.17, 15) is 18.0 Å². The number of sulfonamides is 1. The fraction of sp³-hybridized carbons (Fsp3) is 0.259. The summed E-state index contributed by atoms with van der Waals surface area (Å²) in [5, 5.41) is 0. The molecule has 7 heteroatoms. The van der Waals surface area contributed by atoms with Gasteiger partial charge in [-0.25, -0.2) is 13.2 Å². The second-order valence-electron chi connectivity index (χ2n) is 8.27. The lowest BCUT2D eigenvalue weighted by molar-refractivity contribution is 0.0280. The summed E-state index contributed by atoms with van der Waals surface area (Å²) >= 11 is 0. The maximum absolute atomic E-state index is 13.1. The van der Waals surface area contributed by atoms with Gasteiger partial charge in [-0.05, 0) is 37.1 Å². The number of rotatable bonds is 7. The molecule has 1 fully saturated rings. The maximum Gasteiger partial charge on any atom is 0.339 e. The van der Waals surface area contributed by atoms with Crippen LogP contribution in [0.1, 0.15) is 58.1 Å². The van der Waals surface area contributed by atoms with Crippen molar-refractivity contribution in [1.29, 1.82) is 0 Å². The first-order valence-electron chi connectivity index (χ1n) is 11.4. The summed E-state index contributed by atoms with van der Waals surface area (Å²) < 4.78 is 33.2. The normalized spacial score (nSPS) is 15.8. The van der Waals surface area contributed by atoms with E-state index in [0.717, 1.165) is 25.7 Å². The van der Waals surface area contributed by atoms with Crippen LogP contribution < -0.4 is 0 Å². The number of ketones is 1. The average molecular weight is 478 g/mol. The van der Waals surface area contributed by atoms with Crippen LogP contribution >= 0.6 is 0 Å². The molecule has 4 rings (SSSR count). The Morgan fingerprint density at radius 1 is 0.706 bits per heavy atom. The van der Waals surface area contributed by atoms with E-state index in [1.165, 1.54) is 28.6 Å². The van der Waals surface area contributed by atoms with Crippen LogP contribution in [0, 0.1) is 0 Å². The second kappa shape index (κ2) is 10.8. The van der Waals surface area contributed by atoms with Crippen LogP contribution in [0.25, 0.3) is 0 Å². The molecule has 0 saturated carbocycles. The van der Waals surface area contributed by atoms with Gasteiger partial charge in [-0.1, -0.05) is 73.5 Å². The number of hydrogen-bond acceptors (Lipinski definition) is 5. The monoisotopic (exact) mass is 477 g/mol. The molecule has 3 aromatic rings. The summed E-state index contributed by atoms with van der Waals surface area (Å²) in [5.41, 5.74) is 1.17. The fourth-order valence-corrected chi connectivity index (χ4v) is 5.54. The van der Waals surface area contributed by atoms with Gasteiger partial charge in [0.2, 0.25) is 15.8 Å². The summed E-state index contributed by atoms with van der Waals surface area (Å²) in [5.74, 6) is -1.03. The minimum atomic E-state index is -3.62. The zero-order valence-electron chi connectivity index (χ0n) is 18.8. The molecule has 176 valence electrons. The van der Waals surface area contributed by atoms with E-state index in [1.807, 2.05) is 12.1 Å². The Hall–Kier alpha value is -3.29. The molecule has 1 atom stereocenters. The number of hydrogen-bond donors (Lipinski definition) is 0. The number of nitrogens with zero attached hydrogens (tertiary/aromatic N) is 1. The Bertz CT molecular complexity index is 1220. The van der Waals surface area contributed by atoms with Gasteiger partial charge in [0.25, 0.3) is 0 Å². The molecule has 0 radical (unpaired) electrons. The van der Waals surface area contributed by atoms with E-state index in [0.29, 0.717) is 24.2 Å². The molecule has 0 aromatic heterocycles. The number of ether oxygens (including phenoxy) is 1. The van der Waals surface area contributed by atoms with Crippen LogP contribution in [0.3, 0.4) is 0 Å². The van der Waals surface area contributed by atoms with Gasteiger partial charge in [-0.3, -0.25) is 4.79 Å². The number of carbonyl (C=O) groups excluding carboxylic acids is 2. The molecule has 0 unspecified atom stereocenters. The first kappa shape index (κ1) is 23.9. The SMILES string of the molecule is O=C(O[C@H](C(=O)c1ccccc1)c1ccccc1)c1ccc(S(=O)(=O)N2CCCCCC2)cc1. The van der Waals surface area contributed by atoms with Gasteiger partial charge in [-0.2, -0.15) is 4.31 Å². The highest BCUT2D eigenvalue weighted by atomic mass is 32.2.